The minimum Gasteiger partial charge on any atom is -0.474 e. The van der Waals surface area contributed by atoms with Gasteiger partial charge in [-0.1, -0.05) is 30.1 Å². The Kier molecular flexibility index (Phi) is 7.80. The normalized spacial score (nSPS) is 18.3. The van der Waals surface area contributed by atoms with E-state index < -0.39 is 0 Å². The van der Waals surface area contributed by atoms with E-state index in [-0.39, 0.29) is 17.7 Å². The third kappa shape index (κ3) is 4.98. The van der Waals surface area contributed by atoms with E-state index in [2.05, 4.69) is 10.3 Å². The lowest BCUT2D eigenvalue weighted by molar-refractivity contribution is 0.0662. The second kappa shape index (κ2) is 10.2. The Morgan fingerprint density at radius 1 is 1.32 bits per heavy atom. The van der Waals surface area contributed by atoms with E-state index in [4.69, 9.17) is 44.9 Å². The summed E-state index contributed by atoms with van der Waals surface area (Å²) in [6.07, 6.45) is 0.518. The molecule has 10 heteroatoms. The number of nitrogens with zero attached hydrogens (tertiary/aromatic N) is 3. The maximum atomic E-state index is 13.2. The van der Waals surface area contributed by atoms with Crippen molar-refractivity contribution in [1.29, 1.82) is 0 Å². The molecule has 0 amide bonds. The summed E-state index contributed by atoms with van der Waals surface area (Å²) < 4.78 is 12.7. The van der Waals surface area contributed by atoms with Crippen LogP contribution in [0.15, 0.2) is 23.0 Å². The number of ether oxygens (including phenoxy) is 2. The summed E-state index contributed by atoms with van der Waals surface area (Å²) in [5.74, 6) is 0.654. The highest BCUT2D eigenvalue weighted by atomic mass is 35.5. The highest BCUT2D eigenvalue weighted by Gasteiger charge is 2.36. The first-order chi connectivity index (χ1) is 14.8. The molecule has 1 aliphatic heterocycles. The van der Waals surface area contributed by atoms with Crippen molar-refractivity contribution in [1.82, 2.24) is 14.5 Å². The minimum atomic E-state index is -0.251. The molecule has 31 heavy (non-hydrogen) atoms. The van der Waals surface area contributed by atoms with Crippen LogP contribution in [-0.4, -0.2) is 58.6 Å². The SMILES string of the molecule is CCO[C@H]1CN(C(=S)OC)CC1Nc1c(CC)nc(-c2ccc(Cl)cc2Cl)c(=O)n1C. The van der Waals surface area contributed by atoms with E-state index in [0.717, 1.165) is 5.69 Å². The zero-order valence-electron chi connectivity index (χ0n) is 17.9. The van der Waals surface area contributed by atoms with Gasteiger partial charge in [0.1, 0.15) is 11.5 Å². The van der Waals surface area contributed by atoms with Crippen LogP contribution in [0.3, 0.4) is 0 Å². The predicted molar refractivity (Wildman–Crippen MR) is 128 cm³/mol. The first-order valence-corrected chi connectivity index (χ1v) is 11.2. The van der Waals surface area contributed by atoms with Crippen molar-refractivity contribution in [2.24, 2.45) is 7.05 Å². The number of thiocarbonyl (C=S) groups is 1. The molecule has 1 saturated heterocycles. The molecule has 1 fully saturated rings. The van der Waals surface area contributed by atoms with Gasteiger partial charge in [-0.2, -0.15) is 0 Å². The van der Waals surface area contributed by atoms with Gasteiger partial charge in [-0.15, -0.1) is 0 Å². The molecule has 0 saturated carbocycles. The van der Waals surface area contributed by atoms with Gasteiger partial charge in [0, 0.05) is 37.3 Å². The highest BCUT2D eigenvalue weighted by Crippen LogP contribution is 2.29. The second-order valence-corrected chi connectivity index (χ2v) is 8.41. The van der Waals surface area contributed by atoms with Crippen molar-refractivity contribution >= 4 is 46.4 Å². The maximum Gasteiger partial charge on any atom is 0.278 e. The van der Waals surface area contributed by atoms with Crippen LogP contribution < -0.4 is 10.9 Å². The first-order valence-electron chi connectivity index (χ1n) is 10.1. The van der Waals surface area contributed by atoms with Crippen LogP contribution in [0.2, 0.25) is 10.0 Å². The van der Waals surface area contributed by atoms with E-state index in [1.54, 1.807) is 36.9 Å². The third-order valence-electron chi connectivity index (χ3n) is 5.29. The fourth-order valence-corrected chi connectivity index (χ4v) is 4.37. The van der Waals surface area contributed by atoms with E-state index >= 15 is 0 Å². The summed E-state index contributed by atoms with van der Waals surface area (Å²) in [4.78, 5) is 19.8. The van der Waals surface area contributed by atoms with Crippen LogP contribution in [0.25, 0.3) is 11.3 Å². The zero-order valence-corrected chi connectivity index (χ0v) is 20.3. The molecule has 0 spiro atoms. The monoisotopic (exact) mass is 484 g/mol. The summed E-state index contributed by atoms with van der Waals surface area (Å²) in [6, 6.07) is 4.93. The Bertz CT molecular complexity index is 1030. The summed E-state index contributed by atoms with van der Waals surface area (Å²) >= 11 is 17.6. The Balaban J connectivity index is 1.99. The number of likely N-dealkylation sites (tertiary alicyclic amines) is 1. The molecule has 168 valence electrons. The molecule has 1 unspecified atom stereocenters. The van der Waals surface area contributed by atoms with Crippen molar-refractivity contribution in [3.05, 3.63) is 44.3 Å². The van der Waals surface area contributed by atoms with Crippen molar-refractivity contribution in [3.63, 3.8) is 0 Å². The molecule has 0 radical (unpaired) electrons. The molecule has 3 rings (SSSR count). The lowest BCUT2D eigenvalue weighted by atomic mass is 10.1. The molecule has 7 nitrogen and oxygen atoms in total. The van der Waals surface area contributed by atoms with Crippen molar-refractivity contribution < 1.29 is 9.47 Å². The van der Waals surface area contributed by atoms with Crippen molar-refractivity contribution in [2.75, 3.05) is 32.1 Å². The van der Waals surface area contributed by atoms with Gasteiger partial charge in [0.15, 0.2) is 0 Å². The van der Waals surface area contributed by atoms with Crippen LogP contribution in [0.5, 0.6) is 0 Å². The molecule has 1 aliphatic rings. The number of rotatable bonds is 6. The van der Waals surface area contributed by atoms with E-state index in [0.29, 0.717) is 58.4 Å². The zero-order chi connectivity index (χ0) is 22.7. The lowest BCUT2D eigenvalue weighted by Gasteiger charge is -2.24. The number of hydrogen-bond donors (Lipinski definition) is 1. The van der Waals surface area contributed by atoms with Gasteiger partial charge >= 0.3 is 0 Å². The molecule has 1 aromatic carbocycles. The number of nitrogens with one attached hydrogen (secondary N) is 1. The Hall–Kier alpha value is -1.87. The summed E-state index contributed by atoms with van der Waals surface area (Å²) in [7, 11) is 3.28. The van der Waals surface area contributed by atoms with E-state index in [1.807, 2.05) is 18.7 Å². The smallest absolute Gasteiger partial charge is 0.278 e. The van der Waals surface area contributed by atoms with Crippen LogP contribution >= 0.6 is 35.4 Å². The van der Waals surface area contributed by atoms with Crippen LogP contribution in [-0.2, 0) is 22.9 Å². The number of aromatic nitrogens is 2. The number of anilines is 1. The molecule has 1 aromatic heterocycles. The Labute approximate surface area is 197 Å². The lowest BCUT2D eigenvalue weighted by Crippen LogP contribution is -2.37. The number of aryl methyl sites for hydroxylation is 1. The van der Waals surface area contributed by atoms with Crippen molar-refractivity contribution in [3.8, 4) is 11.3 Å². The molecule has 2 heterocycles. The minimum absolute atomic E-state index is 0.0873. The highest BCUT2D eigenvalue weighted by molar-refractivity contribution is 7.80. The van der Waals surface area contributed by atoms with Gasteiger partial charge in [-0.25, -0.2) is 4.98 Å². The topological polar surface area (TPSA) is 68.6 Å². The van der Waals surface area contributed by atoms with Gasteiger partial charge in [0.25, 0.3) is 10.7 Å². The molecule has 0 aliphatic carbocycles. The van der Waals surface area contributed by atoms with E-state index in [1.165, 1.54) is 0 Å². The fraction of sp³-hybridized carbons (Fsp3) is 0.476. The fourth-order valence-electron chi connectivity index (χ4n) is 3.72. The van der Waals surface area contributed by atoms with Crippen LogP contribution in [0.4, 0.5) is 5.82 Å². The average molecular weight is 485 g/mol. The Morgan fingerprint density at radius 3 is 2.68 bits per heavy atom. The average Bonchev–Trinajstić information content (AvgIpc) is 3.14. The maximum absolute atomic E-state index is 13.2. The van der Waals surface area contributed by atoms with Gasteiger partial charge in [-0.05, 0) is 43.8 Å². The van der Waals surface area contributed by atoms with E-state index in [9.17, 15) is 4.79 Å². The summed E-state index contributed by atoms with van der Waals surface area (Å²) in [5, 5.41) is 4.79. The second-order valence-electron chi connectivity index (χ2n) is 7.22. The van der Waals surface area contributed by atoms with Crippen molar-refractivity contribution in [2.45, 2.75) is 32.4 Å². The largest absolute Gasteiger partial charge is 0.474 e. The first kappa shape index (κ1) is 23.8. The standard InChI is InChI=1S/C21H26Cl2N4O3S/c1-5-15-19(25-16-10-27(21(31)29-4)11-17(16)30-6-2)26(3)20(28)18(24-15)13-8-7-12(22)9-14(13)23/h7-9,16-17,25H,5-6,10-11H2,1-4H3/t16?,17-/m0/s1. The molecule has 2 aromatic rings. The van der Waals surface area contributed by atoms with Gasteiger partial charge < -0.3 is 19.7 Å². The molecule has 2 atom stereocenters. The molecular formula is C21H26Cl2N4O3S. The Morgan fingerprint density at radius 2 is 2.06 bits per heavy atom. The van der Waals surface area contributed by atoms with Crippen LogP contribution in [0, 0.1) is 0 Å². The number of benzene rings is 1. The third-order valence-corrected chi connectivity index (χ3v) is 6.26. The van der Waals surface area contributed by atoms with Gasteiger partial charge in [-0.3, -0.25) is 9.36 Å². The number of methoxy groups -OCH3 is 1. The van der Waals surface area contributed by atoms with Crippen LogP contribution in [0.1, 0.15) is 19.5 Å². The van der Waals surface area contributed by atoms with Gasteiger partial charge in [0.05, 0.1) is 30.0 Å². The molecular weight excluding hydrogens is 459 g/mol. The molecule has 1 N–H and O–H groups in total. The molecule has 0 bridgehead atoms. The quantitative estimate of drug-likeness (QED) is 0.626. The predicted octanol–water partition coefficient (Wildman–Crippen LogP) is 3.75. The summed E-state index contributed by atoms with van der Waals surface area (Å²) in [5.41, 5.74) is 1.35. The summed E-state index contributed by atoms with van der Waals surface area (Å²) in [6.45, 7) is 5.72. The number of halogens is 2. The number of hydrogen-bond acceptors (Lipinski definition) is 6. The van der Waals surface area contributed by atoms with Gasteiger partial charge in [0.2, 0.25) is 0 Å².